The number of hydrogen-bond acceptors (Lipinski definition) is 6. The van der Waals surface area contributed by atoms with Gasteiger partial charge in [0.15, 0.2) is 5.82 Å². The molecule has 1 aliphatic rings. The van der Waals surface area contributed by atoms with E-state index in [0.29, 0.717) is 29.9 Å². The second-order valence-corrected chi connectivity index (χ2v) is 9.01. The van der Waals surface area contributed by atoms with E-state index in [1.165, 1.54) is 4.57 Å². The quantitative estimate of drug-likeness (QED) is 0.551. The van der Waals surface area contributed by atoms with E-state index in [0.717, 1.165) is 24.1 Å². The molecule has 184 valence electrons. The maximum atomic E-state index is 13.0. The van der Waals surface area contributed by atoms with Gasteiger partial charge in [0.05, 0.1) is 11.1 Å². The Morgan fingerprint density at radius 3 is 2.43 bits per heavy atom. The first kappa shape index (κ1) is 24.7. The lowest BCUT2D eigenvalue weighted by Crippen LogP contribution is -2.58. The van der Waals surface area contributed by atoms with Crippen molar-refractivity contribution in [3.8, 4) is 6.07 Å². The lowest BCUT2D eigenvalue weighted by Gasteiger charge is -2.48. The summed E-state index contributed by atoms with van der Waals surface area (Å²) in [5.41, 5.74) is 1.09. The predicted octanol–water partition coefficient (Wildman–Crippen LogP) is 4.27. The van der Waals surface area contributed by atoms with Gasteiger partial charge in [-0.1, -0.05) is 19.1 Å². The molecular weight excluding hydrogens is 457 g/mol. The third-order valence-electron chi connectivity index (χ3n) is 6.89. The van der Waals surface area contributed by atoms with Gasteiger partial charge in [-0.15, -0.1) is 0 Å². The predicted molar refractivity (Wildman–Crippen MR) is 127 cm³/mol. The number of anilines is 1. The SMILES string of the molecule is CC[C@@H]1CN(c2nc(=O)n(C)c3ccc(C#N)nc23)[C@@H](C)CN1[C@@H](C)c1ccc(C(F)(F)F)cc1. The molecule has 3 aromatic rings. The van der Waals surface area contributed by atoms with Gasteiger partial charge in [0.1, 0.15) is 17.3 Å². The van der Waals surface area contributed by atoms with Crippen LogP contribution < -0.4 is 10.6 Å². The van der Waals surface area contributed by atoms with Crippen molar-refractivity contribution in [2.45, 2.75) is 51.5 Å². The first-order valence-corrected chi connectivity index (χ1v) is 11.5. The van der Waals surface area contributed by atoms with Gasteiger partial charge in [-0.2, -0.15) is 23.4 Å². The number of fused-ring (bicyclic) bond motifs is 1. The summed E-state index contributed by atoms with van der Waals surface area (Å²) in [6, 6.07) is 10.6. The van der Waals surface area contributed by atoms with Crippen LogP contribution >= 0.6 is 0 Å². The van der Waals surface area contributed by atoms with Crippen molar-refractivity contribution >= 4 is 16.9 Å². The Morgan fingerprint density at radius 2 is 1.83 bits per heavy atom. The average Bonchev–Trinajstić information content (AvgIpc) is 2.85. The largest absolute Gasteiger partial charge is 0.416 e. The summed E-state index contributed by atoms with van der Waals surface area (Å²) in [6.07, 6.45) is -3.57. The Balaban J connectivity index is 1.67. The number of aromatic nitrogens is 3. The Kier molecular flexibility index (Phi) is 6.56. The van der Waals surface area contributed by atoms with Gasteiger partial charge in [0.2, 0.25) is 0 Å². The van der Waals surface area contributed by atoms with Crippen molar-refractivity contribution in [3.63, 3.8) is 0 Å². The number of pyridine rings is 1. The molecule has 7 nitrogen and oxygen atoms in total. The molecule has 1 aromatic carbocycles. The zero-order chi connectivity index (χ0) is 25.5. The molecule has 10 heteroatoms. The van der Waals surface area contributed by atoms with Crippen LogP contribution in [0.5, 0.6) is 0 Å². The molecule has 0 amide bonds. The number of nitriles is 1. The molecule has 0 bridgehead atoms. The first-order chi connectivity index (χ1) is 16.5. The van der Waals surface area contributed by atoms with E-state index in [2.05, 4.69) is 26.7 Å². The number of hydrogen-bond donors (Lipinski definition) is 0. The zero-order valence-electron chi connectivity index (χ0n) is 20.0. The fourth-order valence-corrected chi connectivity index (χ4v) is 4.81. The van der Waals surface area contributed by atoms with Gasteiger partial charge < -0.3 is 4.90 Å². The van der Waals surface area contributed by atoms with E-state index in [1.807, 2.05) is 19.9 Å². The number of alkyl halides is 3. The smallest absolute Gasteiger partial charge is 0.349 e. The highest BCUT2D eigenvalue weighted by Gasteiger charge is 2.36. The van der Waals surface area contributed by atoms with Gasteiger partial charge in [-0.3, -0.25) is 9.47 Å². The summed E-state index contributed by atoms with van der Waals surface area (Å²) < 4.78 is 40.4. The molecule has 1 fully saturated rings. The molecule has 1 aliphatic heterocycles. The van der Waals surface area contributed by atoms with E-state index < -0.39 is 17.4 Å². The molecule has 0 spiro atoms. The molecule has 0 saturated carbocycles. The fourth-order valence-electron chi connectivity index (χ4n) is 4.81. The van der Waals surface area contributed by atoms with Gasteiger partial charge >= 0.3 is 11.9 Å². The lowest BCUT2D eigenvalue weighted by molar-refractivity contribution is -0.137. The third-order valence-corrected chi connectivity index (χ3v) is 6.89. The van der Waals surface area contributed by atoms with Crippen molar-refractivity contribution in [2.75, 3.05) is 18.0 Å². The van der Waals surface area contributed by atoms with Gasteiger partial charge in [-0.25, -0.2) is 9.78 Å². The van der Waals surface area contributed by atoms with Crippen molar-refractivity contribution in [3.05, 3.63) is 63.7 Å². The Morgan fingerprint density at radius 1 is 1.14 bits per heavy atom. The molecule has 0 N–H and O–H groups in total. The van der Waals surface area contributed by atoms with Crippen LogP contribution in [0.3, 0.4) is 0 Å². The summed E-state index contributed by atoms with van der Waals surface area (Å²) in [7, 11) is 1.62. The Bertz CT molecular complexity index is 1330. The molecule has 3 heterocycles. The Labute approximate surface area is 201 Å². The number of rotatable bonds is 4. The monoisotopic (exact) mass is 484 g/mol. The molecule has 3 atom stereocenters. The van der Waals surface area contributed by atoms with E-state index in [-0.39, 0.29) is 23.8 Å². The van der Waals surface area contributed by atoms with Crippen LogP contribution in [0.15, 0.2) is 41.2 Å². The minimum Gasteiger partial charge on any atom is -0.349 e. The highest BCUT2D eigenvalue weighted by Crippen LogP contribution is 2.34. The van der Waals surface area contributed by atoms with E-state index in [4.69, 9.17) is 0 Å². The fraction of sp³-hybridized carbons (Fsp3) is 0.440. The number of benzene rings is 1. The summed E-state index contributed by atoms with van der Waals surface area (Å²) in [6.45, 7) is 7.28. The highest BCUT2D eigenvalue weighted by molar-refractivity contribution is 5.86. The molecule has 35 heavy (non-hydrogen) atoms. The highest BCUT2D eigenvalue weighted by atomic mass is 19.4. The van der Waals surface area contributed by atoms with Crippen LogP contribution in [0.1, 0.15) is 50.1 Å². The van der Waals surface area contributed by atoms with Crippen LogP contribution in [-0.2, 0) is 13.2 Å². The maximum Gasteiger partial charge on any atom is 0.416 e. The zero-order valence-corrected chi connectivity index (χ0v) is 20.0. The standard InChI is InChI=1S/C25H27F3N6O/c1-5-20-14-33(23-22-21(32(4)24(35)31-23)11-10-19(12-29)30-22)15(2)13-34(20)16(3)17-6-8-18(9-7-17)25(26,27)28/h6-11,15-16,20H,5,13-14H2,1-4H3/t15-,16-,20+/m0/s1. The molecule has 0 aliphatic carbocycles. The molecule has 4 rings (SSSR count). The number of halogens is 3. The second-order valence-electron chi connectivity index (χ2n) is 9.01. The van der Waals surface area contributed by atoms with Crippen LogP contribution in [0.4, 0.5) is 19.0 Å². The second kappa shape index (κ2) is 9.30. The summed E-state index contributed by atoms with van der Waals surface area (Å²) in [5.74, 6) is 0.452. The number of piperazine rings is 1. The van der Waals surface area contributed by atoms with E-state index in [1.54, 1.807) is 31.3 Å². The number of aryl methyl sites for hydroxylation is 1. The third kappa shape index (κ3) is 4.60. The van der Waals surface area contributed by atoms with Crippen LogP contribution in [0, 0.1) is 11.3 Å². The van der Waals surface area contributed by atoms with Crippen LogP contribution in [0.25, 0.3) is 11.0 Å². The summed E-state index contributed by atoms with van der Waals surface area (Å²) in [5, 5.41) is 9.34. The van der Waals surface area contributed by atoms with Crippen LogP contribution in [-0.4, -0.2) is 44.6 Å². The van der Waals surface area contributed by atoms with E-state index >= 15 is 0 Å². The van der Waals surface area contributed by atoms with Crippen molar-refractivity contribution in [1.82, 2.24) is 19.4 Å². The van der Waals surface area contributed by atoms with E-state index in [9.17, 15) is 23.2 Å². The van der Waals surface area contributed by atoms with Crippen molar-refractivity contribution < 1.29 is 13.2 Å². The van der Waals surface area contributed by atoms with Gasteiger partial charge in [-0.05, 0) is 50.1 Å². The van der Waals surface area contributed by atoms with Gasteiger partial charge in [0, 0.05) is 38.3 Å². The molecule has 0 unspecified atom stereocenters. The van der Waals surface area contributed by atoms with Gasteiger partial charge in [0.25, 0.3) is 0 Å². The maximum absolute atomic E-state index is 13.0. The topological polar surface area (TPSA) is 78.0 Å². The minimum absolute atomic E-state index is 0.0509. The average molecular weight is 485 g/mol. The summed E-state index contributed by atoms with van der Waals surface area (Å²) in [4.78, 5) is 25.7. The normalized spacial score (nSPS) is 20.1. The first-order valence-electron chi connectivity index (χ1n) is 11.5. The Hall–Kier alpha value is -3.45. The van der Waals surface area contributed by atoms with Crippen LogP contribution in [0.2, 0.25) is 0 Å². The minimum atomic E-state index is -4.37. The molecule has 2 aromatic heterocycles. The van der Waals surface area contributed by atoms with Crippen molar-refractivity contribution in [1.29, 1.82) is 5.26 Å². The number of nitrogens with zero attached hydrogens (tertiary/aromatic N) is 6. The summed E-state index contributed by atoms with van der Waals surface area (Å²) >= 11 is 0. The molecular formula is C25H27F3N6O. The van der Waals surface area contributed by atoms with Crippen molar-refractivity contribution in [2.24, 2.45) is 7.05 Å². The molecule has 1 saturated heterocycles. The molecule has 0 radical (unpaired) electrons. The lowest BCUT2D eigenvalue weighted by atomic mass is 9.98.